The maximum Gasteiger partial charge on any atom is 1.00 e. The van der Waals surface area contributed by atoms with Gasteiger partial charge < -0.3 is 10.4 Å². The molecule has 0 aliphatic carbocycles. The summed E-state index contributed by atoms with van der Waals surface area (Å²) in [6.07, 6.45) is 0. The first-order valence-electron chi connectivity index (χ1n) is 2.00. The number of rotatable bonds is 1. The second-order valence-corrected chi connectivity index (χ2v) is 1.49. The van der Waals surface area contributed by atoms with Crippen molar-refractivity contribution in [1.82, 2.24) is 0 Å². The Hall–Kier alpha value is 0.200. The molecule has 0 aromatic rings. The topological polar surface area (TPSA) is 58.7 Å². The van der Waals surface area contributed by atoms with Gasteiger partial charge in [0.15, 0.2) is 11.3 Å². The quantitative estimate of drug-likeness (QED) is 0.187. The van der Waals surface area contributed by atoms with E-state index in [4.69, 9.17) is 5.21 Å². The average molecular weight is 127 g/mol. The molecule has 0 aliphatic rings. The van der Waals surface area contributed by atoms with E-state index in [0.29, 0.717) is 0 Å². The minimum atomic E-state index is -0.273. The Bertz CT molecular complexity index is 83.4. The van der Waals surface area contributed by atoms with Gasteiger partial charge in [-0.2, -0.15) is 0 Å². The predicted molar refractivity (Wildman–Crippen MR) is 23.0 cm³/mol. The zero-order chi connectivity index (χ0) is 5.86. The van der Waals surface area contributed by atoms with Gasteiger partial charge in [-0.3, -0.25) is 0 Å². The smallest absolute Gasteiger partial charge is 0.597 e. The van der Waals surface area contributed by atoms with Crippen LogP contribution in [0.3, 0.4) is 0 Å². The summed E-state index contributed by atoms with van der Waals surface area (Å²) in [5, 5.41) is 20.1. The van der Waals surface area contributed by atoms with E-state index in [-0.39, 0.29) is 40.5 Å². The van der Waals surface area contributed by atoms with Crippen molar-refractivity contribution in [3.63, 3.8) is 0 Å². The molecule has 0 amide bonds. The van der Waals surface area contributed by atoms with Crippen LogP contribution in [0.25, 0.3) is 0 Å². The molecule has 0 fully saturated rings. The van der Waals surface area contributed by atoms with Gasteiger partial charge in [0.1, 0.15) is 0 Å². The van der Waals surface area contributed by atoms with Crippen LogP contribution in [0.5, 0.6) is 0 Å². The van der Waals surface area contributed by atoms with Gasteiger partial charge >= 0.3 is 29.6 Å². The summed E-state index contributed by atoms with van der Waals surface area (Å²) in [6, 6.07) is -0.273. The molecule has 0 rings (SSSR count). The van der Waals surface area contributed by atoms with Crippen molar-refractivity contribution >= 4 is 0 Å². The molecule has 0 unspecified atom stereocenters. The molecule has 0 radical (unpaired) electrons. The van der Waals surface area contributed by atoms with E-state index in [0.717, 1.165) is 0 Å². The molecule has 42 valence electrons. The largest absolute Gasteiger partial charge is 1.00 e. The van der Waals surface area contributed by atoms with Crippen LogP contribution >= 0.6 is 0 Å². The summed E-state index contributed by atoms with van der Waals surface area (Å²) in [5.74, 6) is 0. The Morgan fingerprint density at radius 1 is 1.62 bits per heavy atom. The van der Waals surface area contributed by atoms with Gasteiger partial charge in [0.05, 0.1) is 0 Å². The van der Waals surface area contributed by atoms with Crippen LogP contribution in [-0.2, 0) is 0 Å². The number of nitrogens with zero attached hydrogens (tertiary/aromatic N) is 2. The normalized spacial score (nSPS) is 11.1. The molecule has 0 atom stereocenters. The van der Waals surface area contributed by atoms with E-state index in [2.05, 4.69) is 5.28 Å². The molecule has 0 spiro atoms. The average Bonchev–Trinajstić information content (AvgIpc) is 1.65. The molecule has 0 saturated carbocycles. The Labute approximate surface area is 70.0 Å². The van der Waals surface area contributed by atoms with E-state index in [1.165, 1.54) is 0 Å². The summed E-state index contributed by atoms with van der Waals surface area (Å²) >= 11 is 0. The third kappa shape index (κ3) is 4.36. The van der Waals surface area contributed by atoms with Gasteiger partial charge in [0, 0.05) is 13.8 Å². The monoisotopic (exact) mass is 127 g/mol. The van der Waals surface area contributed by atoms with E-state index < -0.39 is 0 Å². The van der Waals surface area contributed by atoms with Gasteiger partial charge in [-0.15, -0.1) is 0 Å². The second-order valence-electron chi connectivity index (χ2n) is 1.49. The van der Waals surface area contributed by atoms with E-state index in [1.54, 1.807) is 13.8 Å². The number of hydroxylamine groups is 1. The molecule has 0 heterocycles. The van der Waals surface area contributed by atoms with E-state index in [9.17, 15) is 5.21 Å². The summed E-state index contributed by atoms with van der Waals surface area (Å²) < 4.78 is 0. The van der Waals surface area contributed by atoms with Crippen molar-refractivity contribution in [1.29, 1.82) is 0 Å². The summed E-state index contributed by atoms with van der Waals surface area (Å²) in [5.41, 5.74) is 0. The van der Waals surface area contributed by atoms with Crippen molar-refractivity contribution in [3.05, 3.63) is 5.21 Å². The first-order valence-corrected chi connectivity index (χ1v) is 2.00. The first-order chi connectivity index (χ1) is 3.18. The van der Waals surface area contributed by atoms with Crippen molar-refractivity contribution < 1.29 is 39.6 Å². The molecular formula is C3H8N2NaO2+. The Balaban J connectivity index is 0. The fourth-order valence-electron chi connectivity index (χ4n) is 0.103. The van der Waals surface area contributed by atoms with Crippen LogP contribution in [0.1, 0.15) is 13.8 Å². The van der Waals surface area contributed by atoms with Crippen LogP contribution in [-0.4, -0.2) is 16.1 Å². The zero-order valence-corrected chi connectivity index (χ0v) is 7.33. The summed E-state index contributed by atoms with van der Waals surface area (Å²) in [4.78, 5) is 0.222. The van der Waals surface area contributed by atoms with E-state index >= 15 is 0 Å². The van der Waals surface area contributed by atoms with Crippen molar-refractivity contribution in [2.45, 2.75) is 19.9 Å². The van der Waals surface area contributed by atoms with Gasteiger partial charge in [0.2, 0.25) is 0 Å². The summed E-state index contributed by atoms with van der Waals surface area (Å²) in [6.45, 7) is 3.26. The van der Waals surface area contributed by atoms with Gasteiger partial charge in [0.25, 0.3) is 0 Å². The van der Waals surface area contributed by atoms with Crippen LogP contribution < -0.4 is 29.6 Å². The van der Waals surface area contributed by atoms with Gasteiger partial charge in [-0.1, -0.05) is 4.86 Å². The van der Waals surface area contributed by atoms with Gasteiger partial charge in [-0.05, 0) is 0 Å². The van der Waals surface area contributed by atoms with Crippen molar-refractivity contribution in [3.8, 4) is 0 Å². The second kappa shape index (κ2) is 5.34. The molecule has 5 heteroatoms. The molecule has 1 N–H and O–H groups in total. The fourth-order valence-corrected chi connectivity index (χ4v) is 0.103. The minimum absolute atomic E-state index is 0. The molecule has 0 aliphatic heterocycles. The van der Waals surface area contributed by atoms with Crippen LogP contribution in [0.15, 0.2) is 5.28 Å². The van der Waals surface area contributed by atoms with Crippen LogP contribution in [0.2, 0.25) is 0 Å². The minimum Gasteiger partial charge on any atom is -0.597 e. The van der Waals surface area contributed by atoms with E-state index in [1.807, 2.05) is 0 Å². The fraction of sp³-hybridized carbons (Fsp3) is 1.00. The third-order valence-corrected chi connectivity index (χ3v) is 0.530. The molecule has 0 saturated heterocycles. The third-order valence-electron chi connectivity index (χ3n) is 0.530. The maximum absolute atomic E-state index is 10.0. The molecule has 8 heavy (non-hydrogen) atoms. The van der Waals surface area contributed by atoms with Crippen LogP contribution in [0.4, 0.5) is 0 Å². The zero-order valence-electron chi connectivity index (χ0n) is 5.33. The Kier molecular flexibility index (Phi) is 7.38. The van der Waals surface area contributed by atoms with Gasteiger partial charge in [-0.25, -0.2) is 0 Å². The predicted octanol–water partition coefficient (Wildman–Crippen LogP) is -2.25. The Morgan fingerprint density at radius 2 is 2.00 bits per heavy atom. The first kappa shape index (κ1) is 11.1. The molecule has 0 bridgehead atoms. The number of hydrogen-bond acceptors (Lipinski definition) is 2. The molecule has 0 aromatic heterocycles. The number of hydrogen-bond donors (Lipinski definition) is 1. The standard InChI is InChI=1S/C3H8N2O2.Na/c1-3(2)5(7)4-6;/h3,6H,1-2H3;/q;+1/b5-4+;. The Morgan fingerprint density at radius 3 is 2.00 bits per heavy atom. The van der Waals surface area contributed by atoms with Crippen molar-refractivity contribution in [2.75, 3.05) is 0 Å². The molecule has 0 aromatic carbocycles. The SMILES string of the molecule is CC(C)/[N+]([O-])=N\O.[Na+]. The maximum atomic E-state index is 10.0. The molecular weight excluding hydrogens is 119 g/mol. The van der Waals surface area contributed by atoms with Crippen molar-refractivity contribution in [2.24, 2.45) is 5.28 Å². The summed E-state index contributed by atoms with van der Waals surface area (Å²) in [7, 11) is 0. The van der Waals surface area contributed by atoms with Crippen LogP contribution in [0, 0.1) is 5.21 Å². The molecule has 4 nitrogen and oxygen atoms in total.